The van der Waals surface area contributed by atoms with Crippen LogP contribution < -0.4 is 9.62 Å². The predicted octanol–water partition coefficient (Wildman–Crippen LogP) is 4.34. The fourth-order valence-corrected chi connectivity index (χ4v) is 5.00. The van der Waals surface area contributed by atoms with E-state index >= 15 is 0 Å². The highest BCUT2D eigenvalue weighted by Gasteiger charge is 2.32. The Hall–Kier alpha value is -2.87. The number of nitrogens with one attached hydrogen (secondary N) is 1. The van der Waals surface area contributed by atoms with Gasteiger partial charge >= 0.3 is 0 Å². The monoisotopic (exact) mass is 515 g/mol. The van der Waals surface area contributed by atoms with E-state index in [9.17, 15) is 18.0 Å². The summed E-state index contributed by atoms with van der Waals surface area (Å²) in [5, 5.41) is 2.99. The van der Waals surface area contributed by atoms with Crippen LogP contribution in [0.15, 0.2) is 54.6 Å². The molecule has 0 aliphatic heterocycles. The summed E-state index contributed by atoms with van der Waals surface area (Å²) in [6.07, 6.45) is 2.86. The first-order valence-electron chi connectivity index (χ1n) is 12.7. The van der Waals surface area contributed by atoms with E-state index in [1.165, 1.54) is 4.31 Å². The van der Waals surface area contributed by atoms with Crippen molar-refractivity contribution in [3.05, 3.63) is 65.7 Å². The molecule has 2 atom stereocenters. The van der Waals surface area contributed by atoms with E-state index in [-0.39, 0.29) is 24.4 Å². The topological polar surface area (TPSA) is 86.8 Å². The number of para-hydroxylation sites is 1. The molecule has 0 bridgehead atoms. The van der Waals surface area contributed by atoms with E-state index < -0.39 is 22.0 Å². The number of carbonyl (C=O) groups is 2. The van der Waals surface area contributed by atoms with E-state index in [2.05, 4.69) is 5.32 Å². The quantitative estimate of drug-likeness (QED) is 0.430. The zero-order chi connectivity index (χ0) is 26.9. The summed E-state index contributed by atoms with van der Waals surface area (Å²) < 4.78 is 26.9. The highest BCUT2D eigenvalue weighted by atomic mass is 32.2. The van der Waals surface area contributed by atoms with Gasteiger partial charge in [-0.3, -0.25) is 13.9 Å². The Morgan fingerprint density at radius 3 is 2.08 bits per heavy atom. The van der Waals surface area contributed by atoms with Gasteiger partial charge in [0.15, 0.2) is 0 Å². The molecule has 0 saturated carbocycles. The average Bonchev–Trinajstić information content (AvgIpc) is 2.84. The zero-order valence-corrected chi connectivity index (χ0v) is 23.2. The Bertz CT molecular complexity index is 1100. The predicted molar refractivity (Wildman–Crippen MR) is 147 cm³/mol. The summed E-state index contributed by atoms with van der Waals surface area (Å²) in [5.74, 6) is -0.553. The first-order valence-corrected chi connectivity index (χ1v) is 14.5. The van der Waals surface area contributed by atoms with Gasteiger partial charge in [-0.05, 0) is 49.3 Å². The lowest BCUT2D eigenvalue weighted by atomic mass is 10.0. The molecule has 0 spiro atoms. The van der Waals surface area contributed by atoms with Gasteiger partial charge in [-0.2, -0.15) is 0 Å². The van der Waals surface area contributed by atoms with Gasteiger partial charge in [0.1, 0.15) is 12.6 Å². The molecule has 0 aliphatic carbocycles. The molecule has 0 unspecified atom stereocenters. The fourth-order valence-electron chi connectivity index (χ4n) is 4.13. The highest BCUT2D eigenvalue weighted by Crippen LogP contribution is 2.29. The molecule has 0 saturated heterocycles. The summed E-state index contributed by atoms with van der Waals surface area (Å²) in [5.41, 5.74) is 2.37. The number of hydrogen-bond acceptors (Lipinski definition) is 4. The Labute approximate surface area is 216 Å². The fraction of sp³-hybridized carbons (Fsp3) is 0.500. The number of sulfonamides is 1. The molecule has 1 N–H and O–H groups in total. The molecule has 198 valence electrons. The first kappa shape index (κ1) is 29.4. The van der Waals surface area contributed by atoms with Crippen LogP contribution in [0, 0.1) is 0 Å². The summed E-state index contributed by atoms with van der Waals surface area (Å²) in [6, 6.07) is 16.3. The lowest BCUT2D eigenvalue weighted by Gasteiger charge is -2.34. The summed E-state index contributed by atoms with van der Waals surface area (Å²) in [4.78, 5) is 28.5. The average molecular weight is 516 g/mol. The van der Waals surface area contributed by atoms with E-state index in [0.717, 1.165) is 23.8 Å². The molecule has 2 amide bonds. The standard InChI is InChI=1S/C28H41N3O4S/c1-7-22(5)29-28(33)25(8-2)30(19-18-23-14-10-9-11-15-23)27(32)20-31(36(6,34)35)26-17-13-12-16-24(26)21(3)4/h9-17,21-22,25H,7-8,18-20H2,1-6H3,(H,29,33)/t22-,25+/m1/s1. The van der Waals surface area contributed by atoms with Gasteiger partial charge in [-0.15, -0.1) is 0 Å². The summed E-state index contributed by atoms with van der Waals surface area (Å²) in [6.45, 7) is 9.68. The largest absolute Gasteiger partial charge is 0.352 e. The molecular formula is C28H41N3O4S. The van der Waals surface area contributed by atoms with E-state index in [0.29, 0.717) is 25.1 Å². The van der Waals surface area contributed by atoms with Crippen LogP contribution >= 0.6 is 0 Å². The number of hydrogen-bond donors (Lipinski definition) is 1. The molecule has 7 nitrogen and oxygen atoms in total. The molecule has 0 radical (unpaired) electrons. The number of anilines is 1. The van der Waals surface area contributed by atoms with E-state index in [1.54, 1.807) is 17.0 Å². The smallest absolute Gasteiger partial charge is 0.244 e. The Balaban J connectivity index is 2.43. The second-order valence-corrected chi connectivity index (χ2v) is 11.5. The number of amides is 2. The van der Waals surface area contributed by atoms with Crippen molar-refractivity contribution in [2.45, 2.75) is 71.9 Å². The van der Waals surface area contributed by atoms with Crippen LogP contribution in [0.25, 0.3) is 0 Å². The third-order valence-electron chi connectivity index (χ3n) is 6.38. The number of carbonyl (C=O) groups excluding carboxylic acids is 2. The minimum Gasteiger partial charge on any atom is -0.352 e. The lowest BCUT2D eigenvalue weighted by molar-refractivity contribution is -0.139. The van der Waals surface area contributed by atoms with Gasteiger partial charge < -0.3 is 10.2 Å². The Morgan fingerprint density at radius 1 is 0.917 bits per heavy atom. The van der Waals surface area contributed by atoms with Gasteiger partial charge in [-0.25, -0.2) is 8.42 Å². The van der Waals surface area contributed by atoms with E-state index in [4.69, 9.17) is 0 Å². The second-order valence-electron chi connectivity index (χ2n) is 9.55. The van der Waals surface area contributed by atoms with Crippen LogP contribution in [0.1, 0.15) is 64.5 Å². The summed E-state index contributed by atoms with van der Waals surface area (Å²) >= 11 is 0. The van der Waals surface area contributed by atoms with Crippen LogP contribution in [0.3, 0.4) is 0 Å². The van der Waals surface area contributed by atoms with Crippen molar-refractivity contribution in [1.82, 2.24) is 10.2 Å². The van der Waals surface area contributed by atoms with Crippen molar-refractivity contribution in [2.75, 3.05) is 23.7 Å². The maximum atomic E-state index is 13.8. The van der Waals surface area contributed by atoms with Gasteiger partial charge in [0.2, 0.25) is 21.8 Å². The van der Waals surface area contributed by atoms with Crippen LogP contribution in [-0.2, 0) is 26.0 Å². The van der Waals surface area contributed by atoms with Crippen molar-refractivity contribution < 1.29 is 18.0 Å². The third kappa shape index (κ3) is 8.08. The van der Waals surface area contributed by atoms with Crippen LogP contribution in [-0.4, -0.2) is 56.6 Å². The van der Waals surface area contributed by atoms with Crippen LogP contribution in [0.2, 0.25) is 0 Å². The van der Waals surface area contributed by atoms with Gasteiger partial charge in [0, 0.05) is 12.6 Å². The van der Waals surface area contributed by atoms with Gasteiger partial charge in [-0.1, -0.05) is 76.2 Å². The lowest BCUT2D eigenvalue weighted by Crippen LogP contribution is -2.54. The molecule has 8 heteroatoms. The maximum Gasteiger partial charge on any atom is 0.244 e. The van der Waals surface area contributed by atoms with Crippen molar-refractivity contribution in [3.8, 4) is 0 Å². The summed E-state index contributed by atoms with van der Waals surface area (Å²) in [7, 11) is -3.76. The zero-order valence-electron chi connectivity index (χ0n) is 22.4. The first-order chi connectivity index (χ1) is 17.0. The molecule has 2 aromatic rings. The van der Waals surface area contributed by atoms with Crippen LogP contribution in [0.4, 0.5) is 5.69 Å². The minimum absolute atomic E-state index is 0.0249. The van der Waals surface area contributed by atoms with Gasteiger partial charge in [0.05, 0.1) is 11.9 Å². The SMILES string of the molecule is CC[C@@H](C)NC(=O)[C@H](CC)N(CCc1ccccc1)C(=O)CN(c1ccccc1C(C)C)S(C)(=O)=O. The molecule has 0 aromatic heterocycles. The molecule has 2 aromatic carbocycles. The van der Waals surface area contributed by atoms with Crippen LogP contribution in [0.5, 0.6) is 0 Å². The number of benzene rings is 2. The van der Waals surface area contributed by atoms with Crippen molar-refractivity contribution in [2.24, 2.45) is 0 Å². The van der Waals surface area contributed by atoms with Crippen molar-refractivity contribution in [1.29, 1.82) is 0 Å². The third-order valence-corrected chi connectivity index (χ3v) is 7.50. The number of rotatable bonds is 13. The van der Waals surface area contributed by atoms with E-state index in [1.807, 2.05) is 77.1 Å². The maximum absolute atomic E-state index is 13.8. The molecule has 0 fully saturated rings. The Kier molecular flexibility index (Phi) is 11.0. The molecule has 36 heavy (non-hydrogen) atoms. The second kappa shape index (κ2) is 13.4. The normalized spacial score (nSPS) is 13.2. The molecule has 0 heterocycles. The molecule has 2 rings (SSSR count). The van der Waals surface area contributed by atoms with Crippen molar-refractivity contribution in [3.63, 3.8) is 0 Å². The molecule has 0 aliphatic rings. The number of nitrogens with zero attached hydrogens (tertiary/aromatic N) is 2. The van der Waals surface area contributed by atoms with Gasteiger partial charge in [0.25, 0.3) is 0 Å². The van der Waals surface area contributed by atoms with Crippen molar-refractivity contribution >= 4 is 27.5 Å². The molecular weight excluding hydrogens is 474 g/mol. The Morgan fingerprint density at radius 2 is 1.53 bits per heavy atom. The highest BCUT2D eigenvalue weighted by molar-refractivity contribution is 7.92. The minimum atomic E-state index is -3.76.